The molecular weight excluding hydrogens is 360 g/mol. The molecule has 1 heterocycles. The fourth-order valence-electron chi connectivity index (χ4n) is 3.81. The first-order chi connectivity index (χ1) is 13.6. The number of aliphatic hydroxyl groups excluding tert-OH is 1. The first-order valence-corrected chi connectivity index (χ1v) is 10.2. The van der Waals surface area contributed by atoms with Crippen LogP contribution >= 0.6 is 0 Å². The zero-order valence-electron chi connectivity index (χ0n) is 16.2. The van der Waals surface area contributed by atoms with Crippen molar-refractivity contribution in [3.05, 3.63) is 30.3 Å². The molecule has 154 valence electrons. The molecule has 2 N–H and O–H groups in total. The van der Waals surface area contributed by atoms with Crippen molar-refractivity contribution in [3.63, 3.8) is 0 Å². The Hall–Kier alpha value is -2.12. The van der Waals surface area contributed by atoms with Crippen molar-refractivity contribution in [3.8, 4) is 5.75 Å². The van der Waals surface area contributed by atoms with Crippen LogP contribution in [0.1, 0.15) is 38.5 Å². The molecule has 2 fully saturated rings. The van der Waals surface area contributed by atoms with Crippen molar-refractivity contribution < 1.29 is 24.2 Å². The minimum atomic E-state index is -0.761. The molecule has 1 aliphatic carbocycles. The Morgan fingerprint density at radius 1 is 1.21 bits per heavy atom. The van der Waals surface area contributed by atoms with Crippen LogP contribution in [0.2, 0.25) is 0 Å². The molecule has 1 saturated heterocycles. The van der Waals surface area contributed by atoms with Crippen LogP contribution in [-0.2, 0) is 14.3 Å². The average Bonchev–Trinajstić information content (AvgIpc) is 2.70. The molecule has 3 rings (SSSR count). The van der Waals surface area contributed by atoms with Gasteiger partial charge in [-0.15, -0.1) is 0 Å². The highest BCUT2D eigenvalue weighted by atomic mass is 16.5. The van der Waals surface area contributed by atoms with Gasteiger partial charge < -0.3 is 19.9 Å². The molecule has 1 aromatic rings. The number of nitrogens with zero attached hydrogens (tertiary/aromatic N) is 1. The fourth-order valence-corrected chi connectivity index (χ4v) is 3.81. The van der Waals surface area contributed by atoms with E-state index in [4.69, 9.17) is 9.47 Å². The zero-order valence-corrected chi connectivity index (χ0v) is 16.2. The molecule has 2 unspecified atom stereocenters. The number of rotatable bonds is 8. The molecule has 1 saturated carbocycles. The monoisotopic (exact) mass is 390 g/mol. The largest absolute Gasteiger partial charge is 0.491 e. The van der Waals surface area contributed by atoms with Gasteiger partial charge in [0.15, 0.2) is 0 Å². The highest BCUT2D eigenvalue weighted by Crippen LogP contribution is 2.21. The number of piperazine rings is 1. The number of carbonyl (C=O) groups excluding carboxylic acids is 2. The number of para-hydroxylation sites is 1. The van der Waals surface area contributed by atoms with Crippen molar-refractivity contribution in [2.24, 2.45) is 0 Å². The Kier molecular flexibility index (Phi) is 7.68. The Balaban J connectivity index is 1.49. The SMILES string of the molecule is O=C(CC1C(=O)NCCN1CC(O)COc1ccccc1)OC1CCCCC1. The smallest absolute Gasteiger partial charge is 0.308 e. The highest BCUT2D eigenvalue weighted by molar-refractivity contribution is 5.87. The van der Waals surface area contributed by atoms with Crippen LogP contribution in [0, 0.1) is 0 Å². The van der Waals surface area contributed by atoms with E-state index in [1.54, 1.807) is 0 Å². The number of benzene rings is 1. The molecule has 0 bridgehead atoms. The molecule has 1 aliphatic heterocycles. The Morgan fingerprint density at radius 3 is 2.71 bits per heavy atom. The van der Waals surface area contributed by atoms with Gasteiger partial charge in [0.25, 0.3) is 0 Å². The number of carbonyl (C=O) groups is 2. The van der Waals surface area contributed by atoms with E-state index >= 15 is 0 Å². The molecular formula is C21H30N2O5. The number of β-amino-alcohol motifs (C(OH)–C–C–N with tert-alkyl or cyclic N) is 1. The van der Waals surface area contributed by atoms with E-state index in [0.717, 1.165) is 25.7 Å². The van der Waals surface area contributed by atoms with Crippen molar-refractivity contribution in [2.45, 2.75) is 56.8 Å². The fraction of sp³-hybridized carbons (Fsp3) is 0.619. The van der Waals surface area contributed by atoms with Crippen LogP contribution in [0.4, 0.5) is 0 Å². The predicted molar refractivity (Wildman–Crippen MR) is 104 cm³/mol. The number of aliphatic hydroxyl groups is 1. The van der Waals surface area contributed by atoms with E-state index in [1.807, 2.05) is 35.2 Å². The van der Waals surface area contributed by atoms with Crippen LogP contribution < -0.4 is 10.1 Å². The van der Waals surface area contributed by atoms with E-state index in [2.05, 4.69) is 5.32 Å². The number of ether oxygens (including phenoxy) is 2. The maximum Gasteiger partial charge on any atom is 0.308 e. The van der Waals surface area contributed by atoms with E-state index < -0.39 is 12.1 Å². The van der Waals surface area contributed by atoms with Crippen LogP contribution in [-0.4, -0.2) is 66.4 Å². The predicted octanol–water partition coefficient (Wildman–Crippen LogP) is 1.49. The zero-order chi connectivity index (χ0) is 19.8. The Labute approximate surface area is 166 Å². The van der Waals surface area contributed by atoms with Gasteiger partial charge in [0.2, 0.25) is 5.91 Å². The van der Waals surface area contributed by atoms with Crippen LogP contribution in [0.3, 0.4) is 0 Å². The molecule has 7 heteroatoms. The summed E-state index contributed by atoms with van der Waals surface area (Å²) >= 11 is 0. The molecule has 1 aromatic carbocycles. The summed E-state index contributed by atoms with van der Waals surface area (Å²) in [6.45, 7) is 1.47. The molecule has 2 aliphatic rings. The number of hydrogen-bond acceptors (Lipinski definition) is 6. The lowest BCUT2D eigenvalue weighted by atomic mass is 9.98. The molecule has 28 heavy (non-hydrogen) atoms. The summed E-state index contributed by atoms with van der Waals surface area (Å²) in [5.41, 5.74) is 0. The second-order valence-corrected chi connectivity index (χ2v) is 7.53. The number of amides is 1. The first kappa shape index (κ1) is 20.6. The topological polar surface area (TPSA) is 88.1 Å². The lowest BCUT2D eigenvalue weighted by Crippen LogP contribution is -2.58. The lowest BCUT2D eigenvalue weighted by molar-refractivity contribution is -0.154. The van der Waals surface area contributed by atoms with Gasteiger partial charge in [-0.3, -0.25) is 14.5 Å². The van der Waals surface area contributed by atoms with Crippen LogP contribution in [0.15, 0.2) is 30.3 Å². The standard InChI is InChI=1S/C21H30N2O5/c24-16(15-27-17-7-3-1-4-8-17)14-23-12-11-22-21(26)19(23)13-20(25)28-18-9-5-2-6-10-18/h1,3-4,7-8,16,18-19,24H,2,5-6,9-15H2,(H,22,26). The van der Waals surface area contributed by atoms with Gasteiger partial charge in [0.1, 0.15) is 24.6 Å². The summed E-state index contributed by atoms with van der Waals surface area (Å²) in [7, 11) is 0. The van der Waals surface area contributed by atoms with Crippen molar-refractivity contribution >= 4 is 11.9 Å². The minimum Gasteiger partial charge on any atom is -0.491 e. The molecule has 0 aromatic heterocycles. The van der Waals surface area contributed by atoms with Crippen molar-refractivity contribution in [2.75, 3.05) is 26.2 Å². The van der Waals surface area contributed by atoms with E-state index in [9.17, 15) is 14.7 Å². The van der Waals surface area contributed by atoms with Gasteiger partial charge in [-0.25, -0.2) is 0 Å². The lowest BCUT2D eigenvalue weighted by Gasteiger charge is -2.36. The van der Waals surface area contributed by atoms with Crippen LogP contribution in [0.25, 0.3) is 0 Å². The van der Waals surface area contributed by atoms with Gasteiger partial charge in [-0.1, -0.05) is 24.6 Å². The van der Waals surface area contributed by atoms with Gasteiger partial charge in [0, 0.05) is 19.6 Å². The van der Waals surface area contributed by atoms with Gasteiger partial charge in [-0.05, 0) is 37.8 Å². The number of esters is 1. The Bertz CT molecular complexity index is 633. The van der Waals surface area contributed by atoms with E-state index in [0.29, 0.717) is 18.8 Å². The minimum absolute atomic E-state index is 0.00853. The maximum absolute atomic E-state index is 12.4. The second-order valence-electron chi connectivity index (χ2n) is 7.53. The summed E-state index contributed by atoms with van der Waals surface area (Å²) in [4.78, 5) is 26.5. The van der Waals surface area contributed by atoms with Gasteiger partial charge in [0.05, 0.1) is 12.5 Å². The first-order valence-electron chi connectivity index (χ1n) is 10.2. The second kappa shape index (κ2) is 10.4. The molecule has 1 amide bonds. The van der Waals surface area contributed by atoms with Gasteiger partial charge >= 0.3 is 5.97 Å². The third kappa shape index (κ3) is 6.21. The highest BCUT2D eigenvalue weighted by Gasteiger charge is 2.34. The third-order valence-electron chi connectivity index (χ3n) is 5.28. The van der Waals surface area contributed by atoms with E-state index in [1.165, 1.54) is 6.42 Å². The summed E-state index contributed by atoms with van der Waals surface area (Å²) in [6, 6.07) is 8.66. The van der Waals surface area contributed by atoms with Crippen molar-refractivity contribution in [1.29, 1.82) is 0 Å². The molecule has 7 nitrogen and oxygen atoms in total. The molecule has 2 atom stereocenters. The summed E-state index contributed by atoms with van der Waals surface area (Å²) in [6.07, 6.45) is 4.39. The maximum atomic E-state index is 12.4. The molecule has 0 radical (unpaired) electrons. The van der Waals surface area contributed by atoms with Crippen LogP contribution in [0.5, 0.6) is 5.75 Å². The van der Waals surface area contributed by atoms with Gasteiger partial charge in [-0.2, -0.15) is 0 Å². The van der Waals surface area contributed by atoms with E-state index in [-0.39, 0.29) is 37.6 Å². The number of nitrogens with one attached hydrogen (secondary N) is 1. The summed E-state index contributed by atoms with van der Waals surface area (Å²) in [5, 5.41) is 13.1. The summed E-state index contributed by atoms with van der Waals surface area (Å²) < 4.78 is 11.2. The average molecular weight is 390 g/mol. The number of hydrogen-bond donors (Lipinski definition) is 2. The van der Waals surface area contributed by atoms with Crippen molar-refractivity contribution in [1.82, 2.24) is 10.2 Å². The quantitative estimate of drug-likeness (QED) is 0.654. The Morgan fingerprint density at radius 2 is 1.96 bits per heavy atom. The normalized spacial score (nSPS) is 22.3. The third-order valence-corrected chi connectivity index (χ3v) is 5.28. The summed E-state index contributed by atoms with van der Waals surface area (Å²) in [5.74, 6) is 0.155. The molecule has 0 spiro atoms.